The number of carboxylic acids is 1. The van der Waals surface area contributed by atoms with Crippen LogP contribution < -0.4 is 0 Å². The molecule has 1 fully saturated rings. The maximum absolute atomic E-state index is 10.8. The third-order valence-electron chi connectivity index (χ3n) is 1.70. The van der Waals surface area contributed by atoms with Gasteiger partial charge in [-0.25, -0.2) is 0 Å². The SMILES string of the molecule is CCOC(=O)[C@H]1C[C@@H]1C(=O)O. The summed E-state index contributed by atoms with van der Waals surface area (Å²) in [6, 6.07) is 0. The highest BCUT2D eigenvalue weighted by Crippen LogP contribution is 2.39. The first-order valence-corrected chi connectivity index (χ1v) is 3.56. The number of hydrogen-bond donors (Lipinski definition) is 1. The first kappa shape index (κ1) is 8.04. The predicted octanol–water partition coefficient (Wildman–Crippen LogP) is 0.270. The summed E-state index contributed by atoms with van der Waals surface area (Å²) in [5, 5.41) is 8.43. The maximum Gasteiger partial charge on any atom is 0.309 e. The van der Waals surface area contributed by atoms with E-state index in [1.54, 1.807) is 6.92 Å². The van der Waals surface area contributed by atoms with Gasteiger partial charge in [-0.1, -0.05) is 0 Å². The van der Waals surface area contributed by atoms with Crippen LogP contribution in [0.2, 0.25) is 0 Å². The van der Waals surface area contributed by atoms with Gasteiger partial charge in [0.25, 0.3) is 0 Å². The van der Waals surface area contributed by atoms with Gasteiger partial charge in [0, 0.05) is 0 Å². The molecule has 4 nitrogen and oxygen atoms in total. The van der Waals surface area contributed by atoms with E-state index in [4.69, 9.17) is 5.11 Å². The van der Waals surface area contributed by atoms with Gasteiger partial charge in [0.15, 0.2) is 0 Å². The van der Waals surface area contributed by atoms with Crippen molar-refractivity contribution in [1.82, 2.24) is 0 Å². The highest BCUT2D eigenvalue weighted by molar-refractivity contribution is 5.86. The zero-order valence-corrected chi connectivity index (χ0v) is 6.24. The third-order valence-corrected chi connectivity index (χ3v) is 1.70. The zero-order chi connectivity index (χ0) is 8.43. The van der Waals surface area contributed by atoms with E-state index in [0.717, 1.165) is 0 Å². The third kappa shape index (κ3) is 1.69. The number of hydrogen-bond acceptors (Lipinski definition) is 3. The molecule has 2 atom stereocenters. The summed E-state index contributed by atoms with van der Waals surface area (Å²) >= 11 is 0. The Bertz CT molecular complexity index is 187. The molecule has 62 valence electrons. The fourth-order valence-corrected chi connectivity index (χ4v) is 0.978. The van der Waals surface area contributed by atoms with Gasteiger partial charge in [-0.3, -0.25) is 9.59 Å². The lowest BCUT2D eigenvalue weighted by atomic mass is 10.3. The maximum atomic E-state index is 10.8. The second kappa shape index (κ2) is 2.90. The molecule has 0 spiro atoms. The topological polar surface area (TPSA) is 63.6 Å². The molecule has 0 unspecified atom stereocenters. The molecule has 0 aliphatic heterocycles. The van der Waals surface area contributed by atoms with Crippen LogP contribution in [0.4, 0.5) is 0 Å². The van der Waals surface area contributed by atoms with Crippen molar-refractivity contribution in [2.45, 2.75) is 13.3 Å². The first-order chi connectivity index (χ1) is 5.16. The lowest BCUT2D eigenvalue weighted by molar-refractivity contribution is -0.148. The highest BCUT2D eigenvalue weighted by atomic mass is 16.5. The number of carboxylic acid groups (broad SMARTS) is 1. The summed E-state index contributed by atoms with van der Waals surface area (Å²) in [7, 11) is 0. The van der Waals surface area contributed by atoms with E-state index in [1.165, 1.54) is 0 Å². The molecule has 1 rings (SSSR count). The molecule has 0 radical (unpaired) electrons. The first-order valence-electron chi connectivity index (χ1n) is 3.56. The quantitative estimate of drug-likeness (QED) is 0.599. The minimum Gasteiger partial charge on any atom is -0.481 e. The lowest BCUT2D eigenvalue weighted by Gasteiger charge is -1.97. The van der Waals surface area contributed by atoms with E-state index in [-0.39, 0.29) is 11.9 Å². The van der Waals surface area contributed by atoms with E-state index in [9.17, 15) is 9.59 Å². The summed E-state index contributed by atoms with van der Waals surface area (Å²) < 4.78 is 4.64. The minimum atomic E-state index is -0.900. The molecular weight excluding hydrogens is 148 g/mol. The van der Waals surface area contributed by atoms with Crippen LogP contribution in [0, 0.1) is 11.8 Å². The summed E-state index contributed by atoms with van der Waals surface area (Å²) in [4.78, 5) is 21.1. The van der Waals surface area contributed by atoms with Crippen molar-refractivity contribution >= 4 is 11.9 Å². The van der Waals surface area contributed by atoms with Crippen molar-refractivity contribution in [3.05, 3.63) is 0 Å². The number of aliphatic carboxylic acids is 1. The number of carbonyl (C=O) groups excluding carboxylic acids is 1. The van der Waals surface area contributed by atoms with Crippen molar-refractivity contribution in [2.24, 2.45) is 11.8 Å². The van der Waals surface area contributed by atoms with E-state index in [2.05, 4.69) is 4.74 Å². The Morgan fingerprint density at radius 1 is 1.55 bits per heavy atom. The molecule has 1 N–H and O–H groups in total. The smallest absolute Gasteiger partial charge is 0.309 e. The summed E-state index contributed by atoms with van der Waals surface area (Å²) in [5.41, 5.74) is 0. The molecule has 1 aliphatic carbocycles. The van der Waals surface area contributed by atoms with Crippen LogP contribution in [0.3, 0.4) is 0 Å². The van der Waals surface area contributed by atoms with Crippen LogP contribution in [-0.4, -0.2) is 23.7 Å². The number of esters is 1. The fraction of sp³-hybridized carbons (Fsp3) is 0.714. The van der Waals surface area contributed by atoms with Gasteiger partial charge in [0.1, 0.15) is 0 Å². The van der Waals surface area contributed by atoms with Crippen LogP contribution in [0.5, 0.6) is 0 Å². The molecule has 0 saturated heterocycles. The second-order valence-corrected chi connectivity index (χ2v) is 2.54. The van der Waals surface area contributed by atoms with E-state index in [0.29, 0.717) is 13.0 Å². The van der Waals surface area contributed by atoms with Gasteiger partial charge < -0.3 is 9.84 Å². The minimum absolute atomic E-state index is 0.321. The standard InChI is InChI=1S/C7H10O4/c1-2-11-7(10)5-3-4(5)6(8)9/h4-5H,2-3H2,1H3,(H,8,9)/t4-,5-/m0/s1. The summed E-state index contributed by atoms with van der Waals surface area (Å²) in [5.74, 6) is -2.15. The second-order valence-electron chi connectivity index (χ2n) is 2.54. The Morgan fingerprint density at radius 3 is 2.55 bits per heavy atom. The molecular formula is C7H10O4. The Morgan fingerprint density at radius 2 is 2.18 bits per heavy atom. The molecule has 4 heteroatoms. The zero-order valence-electron chi connectivity index (χ0n) is 6.24. The van der Waals surface area contributed by atoms with Crippen molar-refractivity contribution in [1.29, 1.82) is 0 Å². The fourth-order valence-electron chi connectivity index (χ4n) is 0.978. The van der Waals surface area contributed by atoms with Crippen LogP contribution in [-0.2, 0) is 14.3 Å². The van der Waals surface area contributed by atoms with Crippen LogP contribution in [0.1, 0.15) is 13.3 Å². The van der Waals surface area contributed by atoms with Gasteiger partial charge in [0.2, 0.25) is 0 Å². The monoisotopic (exact) mass is 158 g/mol. The van der Waals surface area contributed by atoms with E-state index >= 15 is 0 Å². The van der Waals surface area contributed by atoms with E-state index < -0.39 is 11.9 Å². The molecule has 0 heterocycles. The molecule has 0 aromatic rings. The average molecular weight is 158 g/mol. The summed E-state index contributed by atoms with van der Waals surface area (Å²) in [6.45, 7) is 2.03. The normalized spacial score (nSPS) is 27.7. The molecule has 0 amide bonds. The molecule has 0 bridgehead atoms. The Balaban J connectivity index is 2.32. The Labute approximate surface area is 64.2 Å². The van der Waals surface area contributed by atoms with Crippen LogP contribution in [0.25, 0.3) is 0 Å². The van der Waals surface area contributed by atoms with Crippen LogP contribution in [0.15, 0.2) is 0 Å². The number of carbonyl (C=O) groups is 2. The van der Waals surface area contributed by atoms with Gasteiger partial charge in [0.05, 0.1) is 18.4 Å². The van der Waals surface area contributed by atoms with Crippen molar-refractivity contribution in [2.75, 3.05) is 6.61 Å². The van der Waals surface area contributed by atoms with Crippen molar-refractivity contribution in [3.8, 4) is 0 Å². The predicted molar refractivity (Wildman–Crippen MR) is 35.9 cm³/mol. The molecule has 1 saturated carbocycles. The van der Waals surface area contributed by atoms with Crippen LogP contribution >= 0.6 is 0 Å². The number of rotatable bonds is 3. The van der Waals surface area contributed by atoms with Crippen molar-refractivity contribution in [3.63, 3.8) is 0 Å². The van der Waals surface area contributed by atoms with Gasteiger partial charge in [-0.05, 0) is 13.3 Å². The largest absolute Gasteiger partial charge is 0.481 e. The Hall–Kier alpha value is -1.06. The van der Waals surface area contributed by atoms with Gasteiger partial charge >= 0.3 is 11.9 Å². The lowest BCUT2D eigenvalue weighted by Crippen LogP contribution is -2.10. The molecule has 0 aromatic heterocycles. The molecule has 11 heavy (non-hydrogen) atoms. The molecule has 1 aliphatic rings. The molecule has 0 aromatic carbocycles. The summed E-state index contributed by atoms with van der Waals surface area (Å²) in [6.07, 6.45) is 0.439. The average Bonchev–Trinajstić information content (AvgIpc) is 2.65. The van der Waals surface area contributed by atoms with Gasteiger partial charge in [-0.15, -0.1) is 0 Å². The van der Waals surface area contributed by atoms with Crippen molar-refractivity contribution < 1.29 is 19.4 Å². The number of ether oxygens (including phenoxy) is 1. The highest BCUT2D eigenvalue weighted by Gasteiger charge is 2.49. The Kier molecular flexibility index (Phi) is 2.12. The van der Waals surface area contributed by atoms with E-state index in [1.807, 2.05) is 0 Å². The van der Waals surface area contributed by atoms with Gasteiger partial charge in [-0.2, -0.15) is 0 Å².